The zero-order valence-electron chi connectivity index (χ0n) is 10.2. The number of nitrogens with one attached hydrogen (secondary N) is 1. The summed E-state index contributed by atoms with van der Waals surface area (Å²) in [6, 6.07) is 7.76. The minimum atomic E-state index is -0.935. The number of aromatic nitrogens is 1. The Morgan fingerprint density at radius 1 is 1.32 bits per heavy atom. The smallest absolute Gasteiger partial charge is 0.328 e. The highest BCUT2D eigenvalue weighted by atomic mass is 16.4. The maximum atomic E-state index is 10.3. The molecule has 1 aromatic heterocycles. The number of carbonyl (C=O) groups excluding carboxylic acids is 1. The molecule has 5 heteroatoms. The number of carboxylic acids is 1. The van der Waals surface area contributed by atoms with Crippen LogP contribution in [0.1, 0.15) is 5.56 Å². The number of aromatic amines is 1. The van der Waals surface area contributed by atoms with E-state index in [4.69, 9.17) is 5.11 Å². The average molecular weight is 258 g/mol. The van der Waals surface area contributed by atoms with E-state index < -0.39 is 11.9 Å². The molecule has 0 aliphatic heterocycles. The summed E-state index contributed by atoms with van der Waals surface area (Å²) in [5.74, 6) is -1.42. The van der Waals surface area contributed by atoms with Crippen LogP contribution in [0.4, 0.5) is 0 Å². The van der Waals surface area contributed by atoms with Gasteiger partial charge in [0.25, 0.3) is 0 Å². The van der Waals surface area contributed by atoms with Crippen molar-refractivity contribution < 1.29 is 14.7 Å². The summed E-state index contributed by atoms with van der Waals surface area (Å²) in [5.41, 5.74) is 6.44. The highest BCUT2D eigenvalue weighted by Crippen LogP contribution is 2.18. The maximum absolute atomic E-state index is 10.3. The summed E-state index contributed by atoms with van der Waals surface area (Å²) < 4.78 is 0. The van der Waals surface area contributed by atoms with Gasteiger partial charge in [0.05, 0.1) is 0 Å². The number of nitrogens with two attached hydrogens (primary N) is 1. The fourth-order valence-corrected chi connectivity index (χ4v) is 1.39. The Morgan fingerprint density at radius 3 is 2.53 bits per heavy atom. The topological polar surface area (TPSA) is 96.2 Å². The highest BCUT2D eigenvalue weighted by Gasteiger charge is 1.98. The number of primary amides is 1. The van der Waals surface area contributed by atoms with E-state index in [2.05, 4.69) is 17.3 Å². The molecule has 4 N–H and O–H groups in total. The van der Waals surface area contributed by atoms with E-state index in [0.717, 1.165) is 28.6 Å². The average Bonchev–Trinajstić information content (AvgIpc) is 2.80. The largest absolute Gasteiger partial charge is 0.478 e. The molecule has 0 saturated carbocycles. The van der Waals surface area contributed by atoms with Gasteiger partial charge in [0.15, 0.2) is 0 Å². The van der Waals surface area contributed by atoms with E-state index in [1.807, 2.05) is 24.3 Å². The van der Waals surface area contributed by atoms with Crippen LogP contribution >= 0.6 is 0 Å². The van der Waals surface area contributed by atoms with E-state index in [0.29, 0.717) is 0 Å². The zero-order chi connectivity index (χ0) is 14.3. The minimum absolute atomic E-state index is 0.481. The third kappa shape index (κ3) is 4.51. The van der Waals surface area contributed by atoms with E-state index in [1.165, 1.54) is 0 Å². The van der Waals surface area contributed by atoms with Crippen LogP contribution in [0.5, 0.6) is 0 Å². The molecule has 0 aliphatic rings. The zero-order valence-corrected chi connectivity index (χ0v) is 10.2. The van der Waals surface area contributed by atoms with Crippen molar-refractivity contribution >= 4 is 28.9 Å². The van der Waals surface area contributed by atoms with Crippen LogP contribution in [0.3, 0.4) is 0 Å². The van der Waals surface area contributed by atoms with Crippen LogP contribution < -0.4 is 5.73 Å². The number of hydrogen-bond donors (Lipinski definition) is 3. The van der Waals surface area contributed by atoms with Crippen molar-refractivity contribution in [3.05, 3.63) is 54.8 Å². The third-order valence-corrected chi connectivity index (χ3v) is 2.23. The molecule has 1 heterocycles. The first-order chi connectivity index (χ1) is 9.04. The number of carboxylic acid groups (broad SMARTS) is 1. The molecule has 0 saturated heterocycles. The van der Waals surface area contributed by atoms with Gasteiger partial charge in [-0.1, -0.05) is 24.8 Å². The lowest BCUT2D eigenvalue weighted by molar-refractivity contribution is -0.131. The monoisotopic (exact) mass is 258 g/mol. The molecule has 5 nitrogen and oxygen atoms in total. The summed E-state index contributed by atoms with van der Waals surface area (Å²) >= 11 is 0. The van der Waals surface area contributed by atoms with Gasteiger partial charge in [0, 0.05) is 23.2 Å². The molecule has 0 atom stereocenters. The standard InChI is InChI=1S/C11H9NO2.C3H5NO/c13-11(14)6-5-8-7-12-10-4-2-1-3-9(8)10;1-2-3(4)5/h1-7,12H,(H,13,14);2H,1H2,(H2,4,5)/b6-5-;. The number of benzene rings is 1. The molecular weight excluding hydrogens is 244 g/mol. The van der Waals surface area contributed by atoms with Crippen LogP contribution in [-0.2, 0) is 9.59 Å². The lowest BCUT2D eigenvalue weighted by Crippen LogP contribution is -2.04. The fourth-order valence-electron chi connectivity index (χ4n) is 1.39. The quantitative estimate of drug-likeness (QED) is 0.734. The second-order valence-corrected chi connectivity index (χ2v) is 3.57. The molecule has 0 radical (unpaired) electrons. The molecule has 0 bridgehead atoms. The van der Waals surface area contributed by atoms with Crippen molar-refractivity contribution in [1.29, 1.82) is 0 Å². The molecule has 0 aliphatic carbocycles. The summed E-state index contributed by atoms with van der Waals surface area (Å²) in [5, 5.41) is 9.52. The second-order valence-electron chi connectivity index (χ2n) is 3.57. The van der Waals surface area contributed by atoms with Crippen molar-refractivity contribution in [3.63, 3.8) is 0 Å². The molecule has 98 valence electrons. The molecule has 1 amide bonds. The number of para-hydroxylation sites is 1. The summed E-state index contributed by atoms with van der Waals surface area (Å²) in [7, 11) is 0. The van der Waals surface area contributed by atoms with Gasteiger partial charge in [0.2, 0.25) is 5.91 Å². The highest BCUT2D eigenvalue weighted by molar-refractivity contribution is 5.93. The predicted molar refractivity (Wildman–Crippen MR) is 74.4 cm³/mol. The van der Waals surface area contributed by atoms with Gasteiger partial charge >= 0.3 is 5.97 Å². The molecule has 2 rings (SSSR count). The van der Waals surface area contributed by atoms with Gasteiger partial charge < -0.3 is 15.8 Å². The van der Waals surface area contributed by atoms with Crippen molar-refractivity contribution in [2.75, 3.05) is 0 Å². The number of carbonyl (C=O) groups is 2. The molecule has 0 unspecified atom stereocenters. The Balaban J connectivity index is 0.000000312. The number of H-pyrrole nitrogens is 1. The number of amides is 1. The first-order valence-corrected chi connectivity index (χ1v) is 5.43. The van der Waals surface area contributed by atoms with Crippen LogP contribution in [-0.4, -0.2) is 22.0 Å². The lowest BCUT2D eigenvalue weighted by atomic mass is 10.1. The van der Waals surface area contributed by atoms with Crippen LogP contribution in [0.15, 0.2) is 49.2 Å². The molecule has 1 aromatic carbocycles. The van der Waals surface area contributed by atoms with Gasteiger partial charge in [-0.15, -0.1) is 0 Å². The minimum Gasteiger partial charge on any atom is -0.478 e. The van der Waals surface area contributed by atoms with Crippen molar-refractivity contribution in [3.8, 4) is 0 Å². The van der Waals surface area contributed by atoms with E-state index >= 15 is 0 Å². The van der Waals surface area contributed by atoms with Gasteiger partial charge in [0.1, 0.15) is 0 Å². The van der Waals surface area contributed by atoms with Gasteiger partial charge in [-0.05, 0) is 23.8 Å². The molecular formula is C14H14N2O3. The predicted octanol–water partition coefficient (Wildman–Crippen LogP) is 1.92. The van der Waals surface area contributed by atoms with E-state index in [9.17, 15) is 9.59 Å². The number of fused-ring (bicyclic) bond motifs is 1. The molecule has 0 spiro atoms. The van der Waals surface area contributed by atoms with E-state index in [1.54, 1.807) is 12.3 Å². The van der Waals surface area contributed by atoms with Gasteiger partial charge in [-0.2, -0.15) is 0 Å². The van der Waals surface area contributed by atoms with Crippen LogP contribution in [0.2, 0.25) is 0 Å². The summed E-state index contributed by atoms with van der Waals surface area (Å²) in [6.45, 7) is 3.09. The van der Waals surface area contributed by atoms with E-state index in [-0.39, 0.29) is 0 Å². The Kier molecular flexibility index (Phi) is 5.10. The second kappa shape index (κ2) is 6.80. The van der Waals surface area contributed by atoms with Crippen LogP contribution in [0, 0.1) is 0 Å². The number of aliphatic carboxylic acids is 1. The molecule has 2 aromatic rings. The first kappa shape index (κ1) is 14.2. The lowest BCUT2D eigenvalue weighted by Gasteiger charge is -1.89. The van der Waals surface area contributed by atoms with Crippen molar-refractivity contribution in [1.82, 2.24) is 4.98 Å². The molecule has 0 fully saturated rings. The molecule has 19 heavy (non-hydrogen) atoms. The summed E-state index contributed by atoms with van der Waals surface area (Å²) in [4.78, 5) is 22.9. The number of hydrogen-bond acceptors (Lipinski definition) is 2. The Labute approximate surface area is 110 Å². The van der Waals surface area contributed by atoms with Gasteiger partial charge in [-0.25, -0.2) is 4.79 Å². The van der Waals surface area contributed by atoms with Gasteiger partial charge in [-0.3, -0.25) is 4.79 Å². The van der Waals surface area contributed by atoms with Crippen molar-refractivity contribution in [2.24, 2.45) is 5.73 Å². The Bertz CT molecular complexity index is 626. The Morgan fingerprint density at radius 2 is 1.95 bits per heavy atom. The first-order valence-electron chi connectivity index (χ1n) is 5.43. The normalized spacial score (nSPS) is 9.89. The Hall–Kier alpha value is -2.82. The SMILES string of the molecule is C=CC(N)=O.O=C(O)/C=C\c1c[nH]c2ccccc12. The third-order valence-electron chi connectivity index (χ3n) is 2.23. The van der Waals surface area contributed by atoms with Crippen molar-refractivity contribution in [2.45, 2.75) is 0 Å². The summed E-state index contributed by atoms with van der Waals surface area (Å²) in [6.07, 6.45) is 5.57. The van der Waals surface area contributed by atoms with Crippen LogP contribution in [0.25, 0.3) is 17.0 Å². The number of rotatable bonds is 3. The fraction of sp³-hybridized carbons (Fsp3) is 0. The maximum Gasteiger partial charge on any atom is 0.328 e.